The van der Waals surface area contributed by atoms with Crippen molar-refractivity contribution in [1.29, 1.82) is 0 Å². The molecule has 3 rings (SSSR count). The van der Waals surface area contributed by atoms with Crippen LogP contribution < -0.4 is 20.3 Å². The summed E-state index contributed by atoms with van der Waals surface area (Å²) in [5.74, 6) is -1.92. The molecule has 0 fully saturated rings. The molecule has 2 aromatic carbocycles. The fraction of sp³-hybridized carbons (Fsp3) is 0.136. The van der Waals surface area contributed by atoms with Crippen LogP contribution in [0.15, 0.2) is 59.9 Å². The van der Waals surface area contributed by atoms with Crippen molar-refractivity contribution < 1.29 is 23.0 Å². The van der Waals surface area contributed by atoms with E-state index in [1.807, 2.05) is 0 Å². The average Bonchev–Trinajstić information content (AvgIpc) is 2.75. The Balaban J connectivity index is 2.20. The Labute approximate surface area is 176 Å². The monoisotopic (exact) mass is 427 g/mol. The van der Waals surface area contributed by atoms with E-state index < -0.39 is 23.1 Å². The van der Waals surface area contributed by atoms with Crippen molar-refractivity contribution in [2.75, 3.05) is 7.11 Å². The minimum absolute atomic E-state index is 0.0664. The molecular formula is C22H19F2N3O4. The van der Waals surface area contributed by atoms with Gasteiger partial charge in [-0.15, -0.1) is 0 Å². The van der Waals surface area contributed by atoms with E-state index in [0.29, 0.717) is 17.2 Å². The third-order valence-corrected chi connectivity index (χ3v) is 4.38. The minimum atomic E-state index is -0.892. The van der Waals surface area contributed by atoms with Crippen LogP contribution in [0.3, 0.4) is 0 Å². The SMILES string of the molecule is C=CC(=O)NCc1cccc(Oc2ccc(F)cc2F)c1-c1nn(C)c(=O)cc1OC. The third kappa shape index (κ3) is 4.77. The Morgan fingerprint density at radius 3 is 2.65 bits per heavy atom. The number of hydrogen-bond donors (Lipinski definition) is 1. The Hall–Kier alpha value is -4.01. The number of amides is 1. The lowest BCUT2D eigenvalue weighted by Crippen LogP contribution is -2.22. The molecule has 1 N–H and O–H groups in total. The topological polar surface area (TPSA) is 82.5 Å². The number of carbonyl (C=O) groups is 1. The van der Waals surface area contributed by atoms with Gasteiger partial charge in [0.1, 0.15) is 17.3 Å². The molecule has 9 heteroatoms. The summed E-state index contributed by atoms with van der Waals surface area (Å²) in [6.07, 6.45) is 1.12. The smallest absolute Gasteiger partial charge is 0.270 e. The Morgan fingerprint density at radius 2 is 1.97 bits per heavy atom. The largest absolute Gasteiger partial charge is 0.494 e. The van der Waals surface area contributed by atoms with Gasteiger partial charge in [0.05, 0.1) is 12.7 Å². The second-order valence-electron chi connectivity index (χ2n) is 6.41. The van der Waals surface area contributed by atoms with Gasteiger partial charge in [-0.3, -0.25) is 9.59 Å². The van der Waals surface area contributed by atoms with Crippen molar-refractivity contribution in [1.82, 2.24) is 15.1 Å². The molecule has 0 spiro atoms. The maximum absolute atomic E-state index is 14.2. The Morgan fingerprint density at radius 1 is 1.19 bits per heavy atom. The summed E-state index contributed by atoms with van der Waals surface area (Å²) in [5.41, 5.74) is 0.762. The Bertz CT molecular complexity index is 1210. The molecule has 7 nitrogen and oxygen atoms in total. The summed E-state index contributed by atoms with van der Waals surface area (Å²) in [7, 11) is 2.84. The van der Waals surface area contributed by atoms with Crippen molar-refractivity contribution in [3.63, 3.8) is 0 Å². The molecule has 0 bridgehead atoms. The van der Waals surface area contributed by atoms with E-state index in [0.717, 1.165) is 22.9 Å². The van der Waals surface area contributed by atoms with Gasteiger partial charge < -0.3 is 14.8 Å². The highest BCUT2D eigenvalue weighted by molar-refractivity contribution is 5.87. The lowest BCUT2D eigenvalue weighted by Gasteiger charge is -2.18. The quantitative estimate of drug-likeness (QED) is 0.585. The number of aromatic nitrogens is 2. The van der Waals surface area contributed by atoms with E-state index in [1.54, 1.807) is 18.2 Å². The van der Waals surface area contributed by atoms with Crippen molar-refractivity contribution in [3.8, 4) is 28.5 Å². The molecule has 1 aromatic heterocycles. The predicted molar refractivity (Wildman–Crippen MR) is 110 cm³/mol. The molecule has 0 saturated carbocycles. The number of halogens is 2. The molecule has 0 radical (unpaired) electrons. The van der Waals surface area contributed by atoms with E-state index in [-0.39, 0.29) is 29.5 Å². The molecule has 0 aliphatic heterocycles. The van der Waals surface area contributed by atoms with E-state index in [9.17, 15) is 18.4 Å². The number of nitrogens with zero attached hydrogens (tertiary/aromatic N) is 2. The van der Waals surface area contributed by atoms with Crippen LogP contribution in [0.25, 0.3) is 11.3 Å². The summed E-state index contributed by atoms with van der Waals surface area (Å²) in [6.45, 7) is 3.48. The lowest BCUT2D eigenvalue weighted by molar-refractivity contribution is -0.116. The second-order valence-corrected chi connectivity index (χ2v) is 6.41. The first-order chi connectivity index (χ1) is 14.8. The molecule has 0 aliphatic carbocycles. The first-order valence-electron chi connectivity index (χ1n) is 9.11. The van der Waals surface area contributed by atoms with Crippen LogP contribution >= 0.6 is 0 Å². The van der Waals surface area contributed by atoms with Gasteiger partial charge in [-0.1, -0.05) is 18.7 Å². The number of carbonyl (C=O) groups excluding carboxylic acids is 1. The highest BCUT2D eigenvalue weighted by atomic mass is 19.1. The molecule has 0 aliphatic rings. The van der Waals surface area contributed by atoms with Crippen LogP contribution in [0.4, 0.5) is 8.78 Å². The van der Waals surface area contributed by atoms with E-state index in [2.05, 4.69) is 17.0 Å². The number of methoxy groups -OCH3 is 1. The lowest BCUT2D eigenvalue weighted by atomic mass is 10.0. The molecular weight excluding hydrogens is 408 g/mol. The van der Waals surface area contributed by atoms with E-state index in [1.165, 1.54) is 20.2 Å². The van der Waals surface area contributed by atoms with Gasteiger partial charge >= 0.3 is 0 Å². The van der Waals surface area contributed by atoms with Crippen LogP contribution in [0, 0.1) is 11.6 Å². The van der Waals surface area contributed by atoms with Crippen molar-refractivity contribution in [2.24, 2.45) is 7.05 Å². The number of ether oxygens (including phenoxy) is 2. The van der Waals surface area contributed by atoms with Gasteiger partial charge in [0.2, 0.25) is 5.91 Å². The van der Waals surface area contributed by atoms with Crippen LogP contribution in [0.5, 0.6) is 17.2 Å². The van der Waals surface area contributed by atoms with E-state index in [4.69, 9.17) is 9.47 Å². The van der Waals surface area contributed by atoms with Crippen molar-refractivity contribution in [3.05, 3.63) is 82.7 Å². The van der Waals surface area contributed by atoms with E-state index >= 15 is 0 Å². The molecule has 0 saturated heterocycles. The maximum Gasteiger partial charge on any atom is 0.270 e. The first-order valence-corrected chi connectivity index (χ1v) is 9.11. The van der Waals surface area contributed by atoms with Crippen LogP contribution in [-0.2, 0) is 18.4 Å². The minimum Gasteiger partial charge on any atom is -0.494 e. The van der Waals surface area contributed by atoms with Gasteiger partial charge in [0.25, 0.3) is 5.56 Å². The number of rotatable bonds is 7. The standard InChI is InChI=1S/C22H19F2N3O4/c1-4-19(28)25-12-13-6-5-7-17(31-16-9-8-14(23)10-15(16)24)21(13)22-18(30-3)11-20(29)27(2)26-22/h4-11H,1,12H2,2-3H3,(H,25,28). The van der Waals surface area contributed by atoms with Gasteiger partial charge in [-0.05, 0) is 29.8 Å². The Kier molecular flexibility index (Phi) is 6.44. The molecule has 31 heavy (non-hydrogen) atoms. The van der Waals surface area contributed by atoms with Crippen molar-refractivity contribution in [2.45, 2.75) is 6.54 Å². The van der Waals surface area contributed by atoms with Gasteiger partial charge in [-0.25, -0.2) is 13.5 Å². The van der Waals surface area contributed by atoms with Crippen LogP contribution in [0.1, 0.15) is 5.56 Å². The van der Waals surface area contributed by atoms with Crippen LogP contribution in [-0.4, -0.2) is 22.8 Å². The molecule has 1 amide bonds. The third-order valence-electron chi connectivity index (χ3n) is 4.38. The molecule has 3 aromatic rings. The van der Waals surface area contributed by atoms with Crippen LogP contribution in [0.2, 0.25) is 0 Å². The highest BCUT2D eigenvalue weighted by Gasteiger charge is 2.21. The fourth-order valence-corrected chi connectivity index (χ4v) is 2.86. The number of hydrogen-bond acceptors (Lipinski definition) is 5. The zero-order valence-electron chi connectivity index (χ0n) is 16.8. The average molecular weight is 427 g/mol. The predicted octanol–water partition coefficient (Wildman–Crippen LogP) is 3.33. The number of nitrogens with one attached hydrogen (secondary N) is 1. The molecule has 0 unspecified atom stereocenters. The normalized spacial score (nSPS) is 10.5. The molecule has 1 heterocycles. The zero-order valence-corrected chi connectivity index (χ0v) is 16.8. The molecule has 0 atom stereocenters. The van der Waals surface area contributed by atoms with Gasteiger partial charge in [-0.2, -0.15) is 5.10 Å². The second kappa shape index (κ2) is 9.21. The van der Waals surface area contributed by atoms with Crippen molar-refractivity contribution >= 4 is 5.91 Å². The first kappa shape index (κ1) is 21.7. The number of benzene rings is 2. The zero-order chi connectivity index (χ0) is 22.5. The molecule has 160 valence electrons. The van der Waals surface area contributed by atoms with Gasteiger partial charge in [0.15, 0.2) is 17.3 Å². The fourth-order valence-electron chi connectivity index (χ4n) is 2.86. The highest BCUT2D eigenvalue weighted by Crippen LogP contribution is 2.39. The summed E-state index contributed by atoms with van der Waals surface area (Å²) < 4.78 is 39.7. The summed E-state index contributed by atoms with van der Waals surface area (Å²) in [6, 6.07) is 9.09. The summed E-state index contributed by atoms with van der Waals surface area (Å²) >= 11 is 0. The van der Waals surface area contributed by atoms with Gasteiger partial charge in [0, 0.05) is 25.7 Å². The number of aryl methyl sites for hydroxylation is 1. The summed E-state index contributed by atoms with van der Waals surface area (Å²) in [4.78, 5) is 23.7. The summed E-state index contributed by atoms with van der Waals surface area (Å²) in [5, 5.41) is 6.93. The maximum atomic E-state index is 14.2.